The van der Waals surface area contributed by atoms with E-state index in [0.717, 1.165) is 31.0 Å². The fourth-order valence-corrected chi connectivity index (χ4v) is 5.82. The van der Waals surface area contributed by atoms with Crippen LogP contribution in [0, 0.1) is 18.8 Å². The highest BCUT2D eigenvalue weighted by Gasteiger charge is 2.41. The van der Waals surface area contributed by atoms with Crippen molar-refractivity contribution in [3.05, 3.63) is 52.0 Å². The minimum atomic E-state index is -0.250. The van der Waals surface area contributed by atoms with Crippen LogP contribution >= 0.6 is 11.3 Å². The summed E-state index contributed by atoms with van der Waals surface area (Å²) in [6, 6.07) is 7.28. The molecule has 1 aliphatic heterocycles. The first-order valence-corrected chi connectivity index (χ1v) is 10.9. The molecule has 0 aromatic carbocycles. The number of hydrogen-bond acceptors (Lipinski definition) is 5. The molecule has 28 heavy (non-hydrogen) atoms. The molecule has 2 aromatic heterocycles. The Hall–Kier alpha value is -1.76. The predicted octanol–water partition coefficient (Wildman–Crippen LogP) is 3.88. The average Bonchev–Trinajstić information content (AvgIpc) is 3.29. The Bertz CT molecular complexity index is 736. The molecule has 2 aromatic rings. The van der Waals surface area contributed by atoms with Crippen LogP contribution in [0.25, 0.3) is 0 Å². The topological polar surface area (TPSA) is 56.7 Å². The fraction of sp³-hybridized carbons (Fsp3) is 0.545. The zero-order chi connectivity index (χ0) is 19.9. The number of thiophene rings is 1. The van der Waals surface area contributed by atoms with E-state index in [2.05, 4.69) is 52.3 Å². The number of aryl methyl sites for hydroxylation is 1. The van der Waals surface area contributed by atoms with Crippen LogP contribution in [0.2, 0.25) is 0 Å². The molecular weight excluding hydrogens is 370 g/mol. The summed E-state index contributed by atoms with van der Waals surface area (Å²) in [5.74, 6) is 1.72. The molecule has 6 heteroatoms. The van der Waals surface area contributed by atoms with E-state index < -0.39 is 0 Å². The lowest BCUT2D eigenvalue weighted by atomic mass is 9.77. The quantitative estimate of drug-likeness (QED) is 0.771. The van der Waals surface area contributed by atoms with Gasteiger partial charge in [-0.25, -0.2) is 0 Å². The van der Waals surface area contributed by atoms with Crippen LogP contribution in [0.15, 0.2) is 36.0 Å². The number of pyridine rings is 1. The standard InChI is InChI=1S/C21H29N3S.CH2O2/c1-16-8-11-25-21(16)15-24-13-18-4-3-5-20(19(18)14-24)23(2)12-17-6-9-22-10-7-17;2-1-3/h6-11,18-20H,3-5,12-15H2,1-2H3;1H,(H,2,3). The van der Waals surface area contributed by atoms with Gasteiger partial charge in [-0.2, -0.15) is 0 Å². The number of hydrogen-bond donors (Lipinski definition) is 1. The second kappa shape index (κ2) is 10.1. The molecular formula is C22H31N3O2S. The van der Waals surface area contributed by atoms with Gasteiger partial charge in [0.15, 0.2) is 0 Å². The Labute approximate surface area is 172 Å². The van der Waals surface area contributed by atoms with Crippen LogP contribution in [0.5, 0.6) is 0 Å². The number of fused-ring (bicyclic) bond motifs is 1. The van der Waals surface area contributed by atoms with Crippen molar-refractivity contribution in [3.63, 3.8) is 0 Å². The third kappa shape index (κ3) is 5.19. The van der Waals surface area contributed by atoms with Gasteiger partial charge in [0.2, 0.25) is 0 Å². The highest BCUT2D eigenvalue weighted by Crippen LogP contribution is 2.39. The Balaban J connectivity index is 0.000000706. The molecule has 2 aliphatic rings. The molecule has 1 N–H and O–H groups in total. The van der Waals surface area contributed by atoms with Gasteiger partial charge in [-0.3, -0.25) is 19.6 Å². The highest BCUT2D eigenvalue weighted by molar-refractivity contribution is 7.10. The molecule has 3 atom stereocenters. The highest BCUT2D eigenvalue weighted by atomic mass is 32.1. The van der Waals surface area contributed by atoms with Crippen molar-refractivity contribution < 1.29 is 9.90 Å². The molecule has 3 heterocycles. The SMILES string of the molecule is Cc1ccsc1CN1CC2CCCC(N(C)Cc3ccncc3)C2C1.O=CO. The predicted molar refractivity (Wildman–Crippen MR) is 113 cm³/mol. The van der Waals surface area contributed by atoms with Gasteiger partial charge in [0.05, 0.1) is 0 Å². The van der Waals surface area contributed by atoms with Crippen LogP contribution in [-0.4, -0.2) is 52.5 Å². The molecule has 0 amide bonds. The summed E-state index contributed by atoms with van der Waals surface area (Å²) >= 11 is 1.92. The van der Waals surface area contributed by atoms with E-state index in [9.17, 15) is 0 Å². The van der Waals surface area contributed by atoms with Gasteiger partial charge < -0.3 is 5.11 Å². The third-order valence-corrected chi connectivity index (χ3v) is 7.23. The number of rotatable bonds is 5. The minimum absolute atomic E-state index is 0.250. The summed E-state index contributed by atoms with van der Waals surface area (Å²) in [6.45, 7) is 6.76. The zero-order valence-corrected chi connectivity index (χ0v) is 17.6. The molecule has 2 fully saturated rings. The van der Waals surface area contributed by atoms with Gasteiger partial charge in [0.25, 0.3) is 6.47 Å². The lowest BCUT2D eigenvalue weighted by Gasteiger charge is -2.39. The summed E-state index contributed by atoms with van der Waals surface area (Å²) in [6.07, 6.45) is 7.98. The van der Waals surface area contributed by atoms with Crippen molar-refractivity contribution in [2.45, 2.75) is 45.3 Å². The first-order chi connectivity index (χ1) is 13.6. The number of carboxylic acid groups (broad SMARTS) is 1. The van der Waals surface area contributed by atoms with E-state index in [1.54, 1.807) is 4.88 Å². The molecule has 0 bridgehead atoms. The van der Waals surface area contributed by atoms with E-state index in [1.165, 1.54) is 43.5 Å². The zero-order valence-electron chi connectivity index (χ0n) is 16.8. The van der Waals surface area contributed by atoms with Crippen LogP contribution < -0.4 is 0 Å². The van der Waals surface area contributed by atoms with Crippen molar-refractivity contribution in [1.29, 1.82) is 0 Å². The molecule has 0 spiro atoms. The molecule has 1 aliphatic carbocycles. The van der Waals surface area contributed by atoms with Crippen LogP contribution in [0.3, 0.4) is 0 Å². The van der Waals surface area contributed by atoms with Crippen molar-refractivity contribution >= 4 is 17.8 Å². The largest absolute Gasteiger partial charge is 0.483 e. The molecule has 1 saturated carbocycles. The molecule has 152 valence electrons. The second-order valence-corrected chi connectivity index (χ2v) is 9.02. The fourth-order valence-electron chi connectivity index (χ4n) is 4.87. The molecule has 1 saturated heterocycles. The number of likely N-dealkylation sites (tertiary alicyclic amines) is 1. The Morgan fingerprint density at radius 3 is 2.71 bits per heavy atom. The van der Waals surface area contributed by atoms with E-state index in [-0.39, 0.29) is 6.47 Å². The lowest BCUT2D eigenvalue weighted by molar-refractivity contribution is -0.122. The van der Waals surface area contributed by atoms with Gasteiger partial charge >= 0.3 is 0 Å². The monoisotopic (exact) mass is 401 g/mol. The second-order valence-electron chi connectivity index (χ2n) is 8.02. The Morgan fingerprint density at radius 1 is 1.29 bits per heavy atom. The van der Waals surface area contributed by atoms with Crippen LogP contribution in [0.4, 0.5) is 0 Å². The lowest BCUT2D eigenvalue weighted by Crippen LogP contribution is -2.43. The first-order valence-electron chi connectivity index (χ1n) is 10.0. The van der Waals surface area contributed by atoms with Crippen molar-refractivity contribution in [2.24, 2.45) is 11.8 Å². The third-order valence-electron chi connectivity index (χ3n) is 6.22. The van der Waals surface area contributed by atoms with Gasteiger partial charge in [-0.15, -0.1) is 11.3 Å². The summed E-state index contributed by atoms with van der Waals surface area (Å²) in [7, 11) is 2.32. The number of carbonyl (C=O) groups is 1. The molecule has 4 rings (SSSR count). The Kier molecular flexibility index (Phi) is 7.59. The molecule has 5 nitrogen and oxygen atoms in total. The Morgan fingerprint density at radius 2 is 2.04 bits per heavy atom. The van der Waals surface area contributed by atoms with E-state index in [4.69, 9.17) is 9.90 Å². The number of nitrogens with zero attached hydrogens (tertiary/aromatic N) is 3. The van der Waals surface area contributed by atoms with Crippen molar-refractivity contribution in [3.8, 4) is 0 Å². The summed E-state index contributed by atoms with van der Waals surface area (Å²) in [5, 5.41) is 9.12. The number of aromatic nitrogens is 1. The van der Waals surface area contributed by atoms with Crippen LogP contribution in [-0.2, 0) is 17.9 Å². The maximum absolute atomic E-state index is 8.36. The van der Waals surface area contributed by atoms with Gasteiger partial charge in [-0.1, -0.05) is 6.42 Å². The van der Waals surface area contributed by atoms with Crippen molar-refractivity contribution in [1.82, 2.24) is 14.8 Å². The molecule has 3 unspecified atom stereocenters. The van der Waals surface area contributed by atoms with Crippen LogP contribution in [0.1, 0.15) is 35.3 Å². The molecule has 0 radical (unpaired) electrons. The van der Waals surface area contributed by atoms with Gasteiger partial charge in [-0.05, 0) is 73.4 Å². The van der Waals surface area contributed by atoms with E-state index in [0.29, 0.717) is 0 Å². The summed E-state index contributed by atoms with van der Waals surface area (Å²) in [5.41, 5.74) is 2.84. The normalized spacial score (nSPS) is 24.5. The van der Waals surface area contributed by atoms with Gasteiger partial charge in [0.1, 0.15) is 0 Å². The summed E-state index contributed by atoms with van der Waals surface area (Å²) < 4.78 is 0. The minimum Gasteiger partial charge on any atom is -0.483 e. The average molecular weight is 402 g/mol. The maximum Gasteiger partial charge on any atom is 0.290 e. The van der Waals surface area contributed by atoms with Crippen molar-refractivity contribution in [2.75, 3.05) is 20.1 Å². The summed E-state index contributed by atoms with van der Waals surface area (Å²) in [4.78, 5) is 19.4. The smallest absolute Gasteiger partial charge is 0.290 e. The first kappa shape index (κ1) is 21.0. The van der Waals surface area contributed by atoms with E-state index >= 15 is 0 Å². The van der Waals surface area contributed by atoms with E-state index in [1.807, 2.05) is 23.7 Å². The van der Waals surface area contributed by atoms with Gasteiger partial charge in [0, 0.05) is 49.5 Å². The maximum atomic E-state index is 8.36.